The second kappa shape index (κ2) is 13.7. The smallest absolute Gasteiger partial charge is 0.331 e. The number of nitrogens with one attached hydrogen (secondary N) is 1. The number of esters is 1. The number of rotatable bonds is 13. The summed E-state index contributed by atoms with van der Waals surface area (Å²) in [7, 11) is 3.09. The molecule has 0 aliphatic carbocycles. The van der Waals surface area contributed by atoms with Gasteiger partial charge in [0.1, 0.15) is 0 Å². The third kappa shape index (κ3) is 8.40. The molecule has 0 bridgehead atoms. The number of carbonyl (C=O) groups excluding carboxylic acids is 2. The van der Waals surface area contributed by atoms with Crippen LogP contribution in [0.3, 0.4) is 0 Å². The fraction of sp³-hybridized carbons (Fsp3) is 0.360. The van der Waals surface area contributed by atoms with Crippen LogP contribution in [0, 0.1) is 0 Å². The van der Waals surface area contributed by atoms with Gasteiger partial charge in [-0.25, -0.2) is 4.79 Å². The van der Waals surface area contributed by atoms with Crippen molar-refractivity contribution in [3.05, 3.63) is 53.6 Å². The first kappa shape index (κ1) is 25.6. The van der Waals surface area contributed by atoms with Crippen LogP contribution >= 0.6 is 0 Å². The zero-order valence-electron chi connectivity index (χ0n) is 19.5. The highest BCUT2D eigenvalue weighted by atomic mass is 16.5. The molecule has 0 atom stereocenters. The Morgan fingerprint density at radius 3 is 2.36 bits per heavy atom. The second-order valence-corrected chi connectivity index (χ2v) is 6.89. The molecule has 2 aromatic carbocycles. The van der Waals surface area contributed by atoms with E-state index in [1.165, 1.54) is 6.08 Å². The molecule has 178 valence electrons. The average Bonchev–Trinajstić information content (AvgIpc) is 2.84. The van der Waals surface area contributed by atoms with Crippen molar-refractivity contribution in [3.8, 4) is 23.0 Å². The SMILES string of the molecule is CCCOc1ccc(/C=C/C(=O)OCC(=O)NCc2ccc(OC)c(OC)c2)cc1OCC. The number of benzene rings is 2. The van der Waals surface area contributed by atoms with Crippen LogP contribution in [0.4, 0.5) is 0 Å². The Bertz CT molecular complexity index is 956. The van der Waals surface area contributed by atoms with Crippen LogP contribution in [0.2, 0.25) is 0 Å². The standard InChI is InChI=1S/C25H31NO7/c1-5-13-32-21-11-7-18(14-23(21)31-6-2)9-12-25(28)33-17-24(27)26-16-19-8-10-20(29-3)22(15-19)30-4/h7-12,14-15H,5-6,13,16-17H2,1-4H3,(H,26,27)/b12-9+. The summed E-state index contributed by atoms with van der Waals surface area (Å²) in [6.45, 7) is 4.88. The Balaban J connectivity index is 1.84. The van der Waals surface area contributed by atoms with Crippen LogP contribution < -0.4 is 24.3 Å². The minimum absolute atomic E-state index is 0.263. The maximum atomic E-state index is 12.0. The van der Waals surface area contributed by atoms with Crippen LogP contribution in [-0.4, -0.2) is 45.9 Å². The number of hydrogen-bond acceptors (Lipinski definition) is 7. The summed E-state index contributed by atoms with van der Waals surface area (Å²) in [4.78, 5) is 24.0. The van der Waals surface area contributed by atoms with E-state index in [9.17, 15) is 9.59 Å². The van der Waals surface area contributed by atoms with Gasteiger partial charge in [-0.1, -0.05) is 19.1 Å². The van der Waals surface area contributed by atoms with Gasteiger partial charge >= 0.3 is 5.97 Å². The average molecular weight is 458 g/mol. The Morgan fingerprint density at radius 2 is 1.67 bits per heavy atom. The van der Waals surface area contributed by atoms with Crippen molar-refractivity contribution in [2.24, 2.45) is 0 Å². The van der Waals surface area contributed by atoms with Gasteiger partial charge in [-0.2, -0.15) is 0 Å². The zero-order chi connectivity index (χ0) is 24.1. The molecule has 1 amide bonds. The van der Waals surface area contributed by atoms with Gasteiger partial charge in [0.05, 0.1) is 27.4 Å². The molecule has 0 unspecified atom stereocenters. The van der Waals surface area contributed by atoms with Crippen LogP contribution in [0.5, 0.6) is 23.0 Å². The molecule has 0 aliphatic rings. The van der Waals surface area contributed by atoms with Crippen molar-refractivity contribution in [2.75, 3.05) is 34.0 Å². The molecule has 0 saturated carbocycles. The maximum Gasteiger partial charge on any atom is 0.331 e. The summed E-state index contributed by atoms with van der Waals surface area (Å²) < 4.78 is 26.7. The molecule has 0 aromatic heterocycles. The highest BCUT2D eigenvalue weighted by molar-refractivity contribution is 5.89. The van der Waals surface area contributed by atoms with Crippen molar-refractivity contribution >= 4 is 18.0 Å². The Labute approximate surface area is 194 Å². The Hall–Kier alpha value is -3.68. The van der Waals surface area contributed by atoms with Gasteiger partial charge in [0, 0.05) is 12.6 Å². The first-order valence-electron chi connectivity index (χ1n) is 10.7. The molecule has 2 aromatic rings. The molecule has 2 rings (SSSR count). The molecule has 0 fully saturated rings. The molecule has 8 heteroatoms. The largest absolute Gasteiger partial charge is 0.493 e. The van der Waals surface area contributed by atoms with Gasteiger partial charge < -0.3 is 29.0 Å². The quantitative estimate of drug-likeness (QED) is 0.362. The molecular formula is C25H31NO7. The van der Waals surface area contributed by atoms with E-state index < -0.39 is 11.9 Å². The summed E-state index contributed by atoms with van der Waals surface area (Å²) in [5.74, 6) is 1.40. The fourth-order valence-electron chi connectivity index (χ4n) is 2.82. The highest BCUT2D eigenvalue weighted by Crippen LogP contribution is 2.29. The molecule has 33 heavy (non-hydrogen) atoms. The van der Waals surface area contributed by atoms with Crippen molar-refractivity contribution in [1.29, 1.82) is 0 Å². The molecule has 8 nitrogen and oxygen atoms in total. The second-order valence-electron chi connectivity index (χ2n) is 6.89. The third-order valence-corrected chi connectivity index (χ3v) is 4.42. The van der Waals surface area contributed by atoms with E-state index in [-0.39, 0.29) is 13.2 Å². The van der Waals surface area contributed by atoms with E-state index in [1.807, 2.05) is 26.0 Å². The molecule has 0 saturated heterocycles. The van der Waals surface area contributed by atoms with Gasteiger partial charge in [-0.05, 0) is 54.8 Å². The molecule has 0 aliphatic heterocycles. The van der Waals surface area contributed by atoms with Crippen LogP contribution in [0.15, 0.2) is 42.5 Å². The molecule has 0 radical (unpaired) electrons. The summed E-state index contributed by atoms with van der Waals surface area (Å²) >= 11 is 0. The van der Waals surface area contributed by atoms with Gasteiger partial charge in [0.15, 0.2) is 29.6 Å². The molecule has 1 N–H and O–H groups in total. The lowest BCUT2D eigenvalue weighted by Gasteiger charge is -2.12. The van der Waals surface area contributed by atoms with Crippen LogP contribution in [0.1, 0.15) is 31.4 Å². The number of hydrogen-bond donors (Lipinski definition) is 1. The lowest BCUT2D eigenvalue weighted by atomic mass is 10.2. The topological polar surface area (TPSA) is 92.3 Å². The van der Waals surface area contributed by atoms with Gasteiger partial charge in [0.25, 0.3) is 5.91 Å². The monoisotopic (exact) mass is 457 g/mol. The Morgan fingerprint density at radius 1 is 0.909 bits per heavy atom. The molecule has 0 spiro atoms. The Kier molecular flexibility index (Phi) is 10.6. The van der Waals surface area contributed by atoms with Crippen molar-refractivity contribution in [1.82, 2.24) is 5.32 Å². The van der Waals surface area contributed by atoms with E-state index >= 15 is 0 Å². The van der Waals surface area contributed by atoms with Crippen molar-refractivity contribution in [2.45, 2.75) is 26.8 Å². The summed E-state index contributed by atoms with van der Waals surface area (Å²) in [5.41, 5.74) is 1.57. The number of amides is 1. The van der Waals surface area contributed by atoms with Crippen LogP contribution in [0.25, 0.3) is 6.08 Å². The zero-order valence-corrected chi connectivity index (χ0v) is 19.5. The molecule has 0 heterocycles. The lowest BCUT2D eigenvalue weighted by molar-refractivity contribution is -0.143. The van der Waals surface area contributed by atoms with Crippen molar-refractivity contribution in [3.63, 3.8) is 0 Å². The maximum absolute atomic E-state index is 12.0. The minimum atomic E-state index is -0.625. The fourth-order valence-corrected chi connectivity index (χ4v) is 2.82. The van der Waals surface area contributed by atoms with Crippen molar-refractivity contribution < 1.29 is 33.3 Å². The van der Waals surface area contributed by atoms with Gasteiger partial charge in [0.2, 0.25) is 0 Å². The first-order chi connectivity index (χ1) is 16.0. The highest BCUT2D eigenvalue weighted by Gasteiger charge is 2.09. The van der Waals surface area contributed by atoms with Gasteiger partial charge in [-0.3, -0.25) is 4.79 Å². The molecular weight excluding hydrogens is 426 g/mol. The van der Waals surface area contributed by atoms with E-state index in [2.05, 4.69) is 5.32 Å². The predicted octanol–water partition coefficient (Wildman–Crippen LogP) is 3.76. The van der Waals surface area contributed by atoms with E-state index in [1.54, 1.807) is 44.6 Å². The first-order valence-corrected chi connectivity index (χ1v) is 10.7. The summed E-state index contributed by atoms with van der Waals surface area (Å²) in [5, 5.41) is 2.69. The minimum Gasteiger partial charge on any atom is -0.493 e. The summed E-state index contributed by atoms with van der Waals surface area (Å²) in [6.07, 6.45) is 3.75. The lowest BCUT2D eigenvalue weighted by Crippen LogP contribution is -2.28. The predicted molar refractivity (Wildman–Crippen MR) is 125 cm³/mol. The third-order valence-electron chi connectivity index (χ3n) is 4.42. The normalized spacial score (nSPS) is 10.5. The summed E-state index contributed by atoms with van der Waals surface area (Å²) in [6, 6.07) is 10.7. The van der Waals surface area contributed by atoms with Gasteiger partial charge in [-0.15, -0.1) is 0 Å². The van der Waals surface area contributed by atoms with E-state index in [0.717, 1.165) is 17.5 Å². The van der Waals surface area contributed by atoms with Crippen LogP contribution in [-0.2, 0) is 20.9 Å². The number of carbonyl (C=O) groups is 2. The number of methoxy groups -OCH3 is 2. The van der Waals surface area contributed by atoms with E-state index in [0.29, 0.717) is 36.2 Å². The number of ether oxygens (including phenoxy) is 5. The van der Waals surface area contributed by atoms with E-state index in [4.69, 9.17) is 23.7 Å².